The van der Waals surface area contributed by atoms with Crippen LogP contribution >= 0.6 is 15.9 Å². The molecule has 1 heterocycles. The molecular weight excluding hydrogens is 520 g/mol. The summed E-state index contributed by atoms with van der Waals surface area (Å²) >= 11 is 3.35. The quantitative estimate of drug-likeness (QED) is 0.354. The normalized spacial score (nSPS) is 19.0. The summed E-state index contributed by atoms with van der Waals surface area (Å²) < 4.78 is 34.6. The number of anilines is 1. The summed E-state index contributed by atoms with van der Waals surface area (Å²) in [5.74, 6) is -0.405. The van der Waals surface area contributed by atoms with Gasteiger partial charge in [-0.1, -0.05) is 27.6 Å². The Morgan fingerprint density at radius 3 is 2.38 bits per heavy atom. The number of imide groups is 1. The second kappa shape index (κ2) is 10.4. The maximum absolute atomic E-state index is 13.7. The average Bonchev–Trinajstić information content (AvgIpc) is 3.13. The number of amides is 2. The predicted molar refractivity (Wildman–Crippen MR) is 133 cm³/mol. The molecule has 9 heteroatoms. The number of methoxy groups -OCH3 is 1. The van der Waals surface area contributed by atoms with Crippen molar-refractivity contribution in [2.75, 3.05) is 18.6 Å². The molecule has 1 saturated heterocycles. The van der Waals surface area contributed by atoms with Gasteiger partial charge in [0.1, 0.15) is 11.8 Å². The molecule has 0 bridgehead atoms. The highest BCUT2D eigenvalue weighted by molar-refractivity contribution is 9.10. The zero-order valence-corrected chi connectivity index (χ0v) is 21.3. The van der Waals surface area contributed by atoms with E-state index in [0.29, 0.717) is 17.9 Å². The van der Waals surface area contributed by atoms with Gasteiger partial charge in [0.15, 0.2) is 0 Å². The maximum atomic E-state index is 13.7. The summed E-state index contributed by atoms with van der Waals surface area (Å²) in [6.45, 7) is 0.137. The lowest BCUT2D eigenvalue weighted by Gasteiger charge is -2.28. The number of benzene rings is 2. The largest absolute Gasteiger partial charge is 0.497 e. The highest BCUT2D eigenvalue weighted by Gasteiger charge is 2.46. The summed E-state index contributed by atoms with van der Waals surface area (Å²) in [5, 5.41) is 0. The maximum Gasteiger partial charge on any atom is 0.252 e. The second-order valence-corrected chi connectivity index (χ2v) is 11.2. The highest BCUT2D eigenvalue weighted by atomic mass is 79.9. The second-order valence-electron chi connectivity index (χ2n) is 8.41. The number of hydrogen-bond acceptors (Lipinski definition) is 5. The van der Waals surface area contributed by atoms with Crippen LogP contribution in [0.2, 0.25) is 0 Å². The van der Waals surface area contributed by atoms with Gasteiger partial charge in [-0.05, 0) is 80.6 Å². The summed E-state index contributed by atoms with van der Waals surface area (Å²) in [6, 6.07) is 11.8. The number of halogens is 1. The lowest BCUT2D eigenvalue weighted by atomic mass is 9.97. The molecular formula is C25H27BrN2O5S. The Bertz CT molecular complexity index is 1190. The Morgan fingerprint density at radius 1 is 1.06 bits per heavy atom. The van der Waals surface area contributed by atoms with Crippen LogP contribution in [0.4, 0.5) is 5.69 Å². The Kier molecular flexibility index (Phi) is 7.54. The van der Waals surface area contributed by atoms with E-state index in [-0.39, 0.29) is 17.9 Å². The molecule has 1 fully saturated rings. The molecule has 0 aromatic heterocycles. The lowest BCUT2D eigenvalue weighted by Crippen LogP contribution is -2.46. The first-order chi connectivity index (χ1) is 16.3. The Labute approximate surface area is 208 Å². The molecule has 2 aromatic rings. The van der Waals surface area contributed by atoms with Gasteiger partial charge in [-0.15, -0.1) is 0 Å². The Morgan fingerprint density at radius 2 is 1.76 bits per heavy atom. The van der Waals surface area contributed by atoms with E-state index in [2.05, 4.69) is 22.0 Å². The molecule has 0 spiro atoms. The molecule has 2 amide bonds. The van der Waals surface area contributed by atoms with Crippen LogP contribution in [0.25, 0.3) is 0 Å². The molecule has 1 unspecified atom stereocenters. The average molecular weight is 547 g/mol. The van der Waals surface area contributed by atoms with Crippen molar-refractivity contribution in [3.8, 4) is 5.75 Å². The van der Waals surface area contributed by atoms with E-state index in [0.717, 1.165) is 35.1 Å². The van der Waals surface area contributed by atoms with Crippen LogP contribution in [0.1, 0.15) is 38.5 Å². The van der Waals surface area contributed by atoms with Gasteiger partial charge < -0.3 is 4.74 Å². The van der Waals surface area contributed by atoms with Gasteiger partial charge in [0.2, 0.25) is 15.9 Å². The van der Waals surface area contributed by atoms with Crippen molar-refractivity contribution in [1.82, 2.24) is 4.31 Å². The minimum atomic E-state index is -4.04. The fourth-order valence-corrected chi connectivity index (χ4v) is 6.26. The van der Waals surface area contributed by atoms with E-state index in [4.69, 9.17) is 4.74 Å². The number of nitrogens with zero attached hydrogens (tertiary/aromatic N) is 2. The molecule has 180 valence electrons. The van der Waals surface area contributed by atoms with Gasteiger partial charge in [-0.3, -0.25) is 9.59 Å². The van der Waals surface area contributed by atoms with Crippen LogP contribution in [-0.4, -0.2) is 44.2 Å². The number of carbonyl (C=O) groups is 2. The van der Waals surface area contributed by atoms with E-state index < -0.39 is 27.9 Å². The van der Waals surface area contributed by atoms with Gasteiger partial charge in [0.05, 0.1) is 24.1 Å². The molecule has 2 aromatic carbocycles. The summed E-state index contributed by atoms with van der Waals surface area (Å²) in [5.41, 5.74) is 1.63. The third-order valence-corrected chi connectivity index (χ3v) is 8.71. The predicted octanol–water partition coefficient (Wildman–Crippen LogP) is 4.67. The van der Waals surface area contributed by atoms with Gasteiger partial charge in [0.25, 0.3) is 5.91 Å². The van der Waals surface area contributed by atoms with Gasteiger partial charge in [0, 0.05) is 11.0 Å². The molecule has 0 saturated carbocycles. The highest BCUT2D eigenvalue weighted by Crippen LogP contribution is 2.31. The van der Waals surface area contributed by atoms with Crippen LogP contribution in [0.5, 0.6) is 5.75 Å². The number of carbonyl (C=O) groups excluding carboxylic acids is 2. The molecule has 2 aliphatic rings. The molecule has 1 aliphatic heterocycles. The fraction of sp³-hybridized carbons (Fsp3) is 0.360. The number of rotatable bonds is 8. The van der Waals surface area contributed by atoms with E-state index in [9.17, 15) is 18.0 Å². The Hall–Kier alpha value is -2.49. The van der Waals surface area contributed by atoms with Crippen LogP contribution in [-0.2, 0) is 19.6 Å². The first-order valence-corrected chi connectivity index (χ1v) is 13.5. The summed E-state index contributed by atoms with van der Waals surface area (Å²) in [7, 11) is -2.53. The summed E-state index contributed by atoms with van der Waals surface area (Å²) in [4.78, 5) is 27.5. The number of ether oxygens (including phenoxy) is 1. The molecule has 1 aliphatic carbocycles. The van der Waals surface area contributed by atoms with Crippen LogP contribution < -0.4 is 9.64 Å². The third kappa shape index (κ3) is 5.11. The van der Waals surface area contributed by atoms with Crippen molar-refractivity contribution in [3.05, 3.63) is 64.7 Å². The SMILES string of the molecule is COc1ccc(S(=O)(=O)N(CCC2=CCCCC2)C2CC(=O)N(c3ccc(Br)cc3)C2=O)cc1. The van der Waals surface area contributed by atoms with Gasteiger partial charge in [-0.2, -0.15) is 4.31 Å². The number of sulfonamides is 1. The first-order valence-electron chi connectivity index (χ1n) is 11.3. The zero-order chi connectivity index (χ0) is 24.3. The van der Waals surface area contributed by atoms with E-state index >= 15 is 0 Å². The molecule has 34 heavy (non-hydrogen) atoms. The molecule has 0 N–H and O–H groups in total. The van der Waals surface area contributed by atoms with Crippen LogP contribution in [0.3, 0.4) is 0 Å². The zero-order valence-electron chi connectivity index (χ0n) is 18.9. The van der Waals surface area contributed by atoms with Gasteiger partial charge in [-0.25, -0.2) is 13.3 Å². The number of allylic oxidation sites excluding steroid dienone is 1. The van der Waals surface area contributed by atoms with Crippen molar-refractivity contribution in [2.45, 2.75) is 49.5 Å². The van der Waals surface area contributed by atoms with E-state index in [1.54, 1.807) is 36.4 Å². The molecule has 0 radical (unpaired) electrons. The van der Waals surface area contributed by atoms with Crippen LogP contribution in [0, 0.1) is 0 Å². The minimum Gasteiger partial charge on any atom is -0.497 e. The van der Waals surface area contributed by atoms with Crippen molar-refractivity contribution in [1.29, 1.82) is 0 Å². The molecule has 1 atom stereocenters. The minimum absolute atomic E-state index is 0.0632. The standard InChI is InChI=1S/C25H27BrN2O5S/c1-33-21-11-13-22(14-12-21)34(31,32)27(16-15-18-5-3-2-4-6-18)23-17-24(29)28(25(23)30)20-9-7-19(26)8-10-20/h5,7-14,23H,2-4,6,15-17H2,1H3. The van der Waals surface area contributed by atoms with E-state index in [1.807, 2.05) is 0 Å². The van der Waals surface area contributed by atoms with Crippen molar-refractivity contribution in [3.63, 3.8) is 0 Å². The first kappa shape index (κ1) is 24.6. The monoisotopic (exact) mass is 546 g/mol. The molecule has 7 nitrogen and oxygen atoms in total. The van der Waals surface area contributed by atoms with E-state index in [1.165, 1.54) is 29.1 Å². The van der Waals surface area contributed by atoms with Crippen molar-refractivity contribution < 1.29 is 22.7 Å². The summed E-state index contributed by atoms with van der Waals surface area (Å²) in [6.07, 6.45) is 6.63. The van der Waals surface area contributed by atoms with Crippen molar-refractivity contribution >= 4 is 43.5 Å². The topological polar surface area (TPSA) is 84.0 Å². The third-order valence-electron chi connectivity index (χ3n) is 6.26. The smallest absolute Gasteiger partial charge is 0.252 e. The Balaban J connectivity index is 1.66. The number of hydrogen-bond donors (Lipinski definition) is 0. The van der Waals surface area contributed by atoms with Crippen molar-refractivity contribution in [2.24, 2.45) is 0 Å². The van der Waals surface area contributed by atoms with Crippen LogP contribution in [0.15, 0.2) is 69.5 Å². The van der Waals surface area contributed by atoms with Gasteiger partial charge >= 0.3 is 0 Å². The molecule has 4 rings (SSSR count). The fourth-order valence-electron chi connectivity index (χ4n) is 4.41. The lowest BCUT2D eigenvalue weighted by molar-refractivity contribution is -0.122.